The van der Waals surface area contributed by atoms with Gasteiger partial charge in [0.15, 0.2) is 0 Å². The van der Waals surface area contributed by atoms with Gasteiger partial charge in [0, 0.05) is 27.6 Å². The second-order valence-corrected chi connectivity index (χ2v) is 5.73. The Hall–Kier alpha value is -1.43. The van der Waals surface area contributed by atoms with Crippen molar-refractivity contribution in [2.45, 2.75) is 12.6 Å². The first-order valence-corrected chi connectivity index (χ1v) is 6.42. The minimum absolute atomic E-state index is 0.597. The first-order valence-electron chi connectivity index (χ1n) is 5.60. The highest BCUT2D eigenvalue weighted by Crippen LogP contribution is 2.37. The molecule has 2 aromatic rings. The zero-order valence-electron chi connectivity index (χ0n) is 10.7. The highest BCUT2D eigenvalue weighted by Gasteiger charge is 2.28. The van der Waals surface area contributed by atoms with Crippen LogP contribution in [-0.2, 0) is 5.72 Å². The number of hydrogen-bond acceptors (Lipinski definition) is 5. The van der Waals surface area contributed by atoms with E-state index in [0.29, 0.717) is 11.3 Å². The van der Waals surface area contributed by atoms with Crippen LogP contribution in [0.5, 0.6) is 0 Å². The number of nitrogen functional groups attached to an aromatic ring is 1. The number of anilines is 1. The molecule has 1 heterocycles. The van der Waals surface area contributed by atoms with Crippen molar-refractivity contribution in [2.75, 3.05) is 19.8 Å². The molecular weight excluding hydrogens is 246 g/mol. The summed E-state index contributed by atoms with van der Waals surface area (Å²) in [4.78, 5) is 2.60. The third-order valence-electron chi connectivity index (χ3n) is 3.27. The largest absolute Gasteiger partial charge is 0.398 e. The zero-order valence-corrected chi connectivity index (χ0v) is 11.5. The van der Waals surface area contributed by atoms with Crippen LogP contribution in [0.15, 0.2) is 18.2 Å². The Morgan fingerprint density at radius 2 is 2.11 bits per heavy atom. The van der Waals surface area contributed by atoms with Crippen molar-refractivity contribution in [1.29, 1.82) is 5.41 Å². The van der Waals surface area contributed by atoms with Crippen LogP contribution in [0.3, 0.4) is 0 Å². The molecule has 0 bridgehead atoms. The van der Waals surface area contributed by atoms with Gasteiger partial charge in [-0.3, -0.25) is 4.90 Å². The zero-order chi connectivity index (χ0) is 13.5. The molecule has 0 saturated heterocycles. The molecule has 0 radical (unpaired) electrons. The highest BCUT2D eigenvalue weighted by molar-refractivity contribution is 7.19. The molecule has 0 aliphatic heterocycles. The lowest BCUT2D eigenvalue weighted by molar-refractivity contribution is -0.0688. The number of thiophene rings is 1. The molecule has 0 saturated carbocycles. The number of nitrogens with two attached hydrogens (primary N) is 1. The predicted molar refractivity (Wildman–Crippen MR) is 77.4 cm³/mol. The third kappa shape index (κ3) is 1.90. The van der Waals surface area contributed by atoms with Gasteiger partial charge in [0.1, 0.15) is 5.72 Å². The first kappa shape index (κ1) is 13.0. The maximum atomic E-state index is 10.4. The lowest BCUT2D eigenvalue weighted by Crippen LogP contribution is -2.37. The molecule has 0 aliphatic rings. The Morgan fingerprint density at radius 1 is 1.44 bits per heavy atom. The lowest BCUT2D eigenvalue weighted by Gasteiger charge is -2.29. The standard InChI is InChI=1S/C13H17N3OS/c1-13(17,16(2)3)11-6-9-10(18-11)5-4-8(7-14)12(9)15/h4-7,14,17H,15H2,1-3H3. The quantitative estimate of drug-likeness (QED) is 0.451. The number of benzene rings is 1. The van der Waals surface area contributed by atoms with Crippen LogP contribution in [0.25, 0.3) is 10.1 Å². The summed E-state index contributed by atoms with van der Waals surface area (Å²) in [6, 6.07) is 5.67. The van der Waals surface area contributed by atoms with Crippen molar-refractivity contribution in [2.24, 2.45) is 0 Å². The Kier molecular flexibility index (Phi) is 3.14. The van der Waals surface area contributed by atoms with Crippen molar-refractivity contribution in [3.05, 3.63) is 28.6 Å². The van der Waals surface area contributed by atoms with Gasteiger partial charge in [0.2, 0.25) is 0 Å². The average Bonchev–Trinajstić information content (AvgIpc) is 2.74. The van der Waals surface area contributed by atoms with Gasteiger partial charge in [0.25, 0.3) is 0 Å². The van der Waals surface area contributed by atoms with E-state index in [2.05, 4.69) is 0 Å². The maximum absolute atomic E-state index is 10.4. The first-order chi connectivity index (χ1) is 8.37. The normalized spacial score (nSPS) is 14.9. The fourth-order valence-corrected chi connectivity index (χ4v) is 2.93. The molecule has 2 rings (SSSR count). The summed E-state index contributed by atoms with van der Waals surface area (Å²) in [6.45, 7) is 1.76. The van der Waals surface area contributed by atoms with Gasteiger partial charge < -0.3 is 16.2 Å². The lowest BCUT2D eigenvalue weighted by atomic mass is 10.1. The molecule has 1 aromatic heterocycles. The molecule has 1 unspecified atom stereocenters. The van der Waals surface area contributed by atoms with Crippen LogP contribution in [0.1, 0.15) is 17.4 Å². The fraction of sp³-hybridized carbons (Fsp3) is 0.308. The van der Waals surface area contributed by atoms with Gasteiger partial charge in [-0.1, -0.05) is 0 Å². The van der Waals surface area contributed by atoms with Gasteiger partial charge in [0.05, 0.1) is 4.88 Å². The van der Waals surface area contributed by atoms with Crippen molar-refractivity contribution in [1.82, 2.24) is 4.90 Å². The van der Waals surface area contributed by atoms with Crippen LogP contribution in [0.4, 0.5) is 5.69 Å². The van der Waals surface area contributed by atoms with E-state index in [1.807, 2.05) is 32.3 Å². The van der Waals surface area contributed by atoms with E-state index in [4.69, 9.17) is 11.1 Å². The minimum Gasteiger partial charge on any atom is -0.398 e. The molecule has 18 heavy (non-hydrogen) atoms. The molecule has 96 valence electrons. The molecule has 0 fully saturated rings. The summed E-state index contributed by atoms with van der Waals surface area (Å²) in [5.41, 5.74) is 6.31. The van der Waals surface area contributed by atoms with E-state index in [1.165, 1.54) is 17.6 Å². The molecule has 1 atom stereocenters. The third-order valence-corrected chi connectivity index (χ3v) is 4.57. The van der Waals surface area contributed by atoms with E-state index < -0.39 is 5.72 Å². The second kappa shape index (κ2) is 4.35. The van der Waals surface area contributed by atoms with E-state index >= 15 is 0 Å². The van der Waals surface area contributed by atoms with Crippen molar-refractivity contribution >= 4 is 33.3 Å². The number of aliphatic hydroxyl groups is 1. The van der Waals surface area contributed by atoms with Crippen molar-refractivity contribution < 1.29 is 5.11 Å². The molecule has 0 aliphatic carbocycles. The van der Waals surface area contributed by atoms with Crippen LogP contribution < -0.4 is 5.73 Å². The Morgan fingerprint density at radius 3 is 2.67 bits per heavy atom. The van der Waals surface area contributed by atoms with Crippen molar-refractivity contribution in [3.8, 4) is 0 Å². The maximum Gasteiger partial charge on any atom is 0.150 e. The summed E-state index contributed by atoms with van der Waals surface area (Å²) in [5.74, 6) is 0. The van der Waals surface area contributed by atoms with Gasteiger partial charge in [-0.15, -0.1) is 11.3 Å². The summed E-state index contributed by atoms with van der Waals surface area (Å²) in [6.07, 6.45) is 1.25. The minimum atomic E-state index is -1.01. The summed E-state index contributed by atoms with van der Waals surface area (Å²) < 4.78 is 1.02. The molecule has 0 amide bonds. The van der Waals surface area contributed by atoms with E-state index in [0.717, 1.165) is 15.0 Å². The average molecular weight is 263 g/mol. The molecule has 4 nitrogen and oxygen atoms in total. The van der Waals surface area contributed by atoms with Crippen LogP contribution in [-0.4, -0.2) is 30.3 Å². The number of fused-ring (bicyclic) bond motifs is 1. The van der Waals surface area contributed by atoms with E-state index in [-0.39, 0.29) is 0 Å². The monoisotopic (exact) mass is 263 g/mol. The highest BCUT2D eigenvalue weighted by atomic mass is 32.1. The SMILES string of the molecule is CN(C)C(C)(O)c1cc2c(N)c(C=N)ccc2s1. The second-order valence-electron chi connectivity index (χ2n) is 4.65. The Balaban J connectivity index is 2.65. The predicted octanol–water partition coefficient (Wildman–Crippen LogP) is 2.21. The smallest absolute Gasteiger partial charge is 0.150 e. The fourth-order valence-electron chi connectivity index (χ4n) is 1.73. The summed E-state index contributed by atoms with van der Waals surface area (Å²) in [5, 5.41) is 18.6. The number of nitrogens with zero attached hydrogens (tertiary/aromatic N) is 1. The number of nitrogens with one attached hydrogen (secondary N) is 1. The van der Waals surface area contributed by atoms with Gasteiger partial charge in [-0.25, -0.2) is 0 Å². The molecule has 5 heteroatoms. The van der Waals surface area contributed by atoms with E-state index in [9.17, 15) is 5.11 Å². The molecular formula is C13H17N3OS. The molecule has 1 aromatic carbocycles. The number of rotatable bonds is 3. The van der Waals surface area contributed by atoms with Gasteiger partial charge in [-0.05, 0) is 39.2 Å². The van der Waals surface area contributed by atoms with Gasteiger partial charge in [-0.2, -0.15) is 0 Å². The summed E-state index contributed by atoms with van der Waals surface area (Å²) in [7, 11) is 3.66. The molecule has 4 N–H and O–H groups in total. The molecule has 0 spiro atoms. The van der Waals surface area contributed by atoms with Gasteiger partial charge >= 0.3 is 0 Å². The van der Waals surface area contributed by atoms with Crippen LogP contribution in [0, 0.1) is 5.41 Å². The Labute approximate surface area is 110 Å². The topological polar surface area (TPSA) is 73.3 Å². The summed E-state index contributed by atoms with van der Waals surface area (Å²) >= 11 is 1.52. The van der Waals surface area contributed by atoms with E-state index in [1.54, 1.807) is 11.8 Å². The number of hydrogen-bond donors (Lipinski definition) is 3. The van der Waals surface area contributed by atoms with Crippen molar-refractivity contribution in [3.63, 3.8) is 0 Å². The van der Waals surface area contributed by atoms with Crippen LogP contribution >= 0.6 is 11.3 Å². The Bertz CT molecular complexity index is 602. The van der Waals surface area contributed by atoms with Crippen LogP contribution in [0.2, 0.25) is 0 Å².